The van der Waals surface area contributed by atoms with Crippen LogP contribution in [-0.4, -0.2) is 36.3 Å². The van der Waals surface area contributed by atoms with Crippen molar-refractivity contribution in [3.8, 4) is 0 Å². The molecule has 0 fully saturated rings. The summed E-state index contributed by atoms with van der Waals surface area (Å²) in [6.45, 7) is 11.8. The number of amides is 2. The van der Waals surface area contributed by atoms with E-state index >= 15 is 0 Å². The minimum absolute atomic E-state index is 0.0275. The topological polar surface area (TPSA) is 40.6 Å². The molecule has 0 aliphatic rings. The molecule has 0 saturated carbocycles. The molecule has 1 aromatic rings. The highest BCUT2D eigenvalue weighted by Crippen LogP contribution is 2.19. The maximum absolute atomic E-state index is 12.4. The Bertz CT molecular complexity index is 514. The molecule has 0 atom stereocenters. The number of aryl methyl sites for hydroxylation is 2. The zero-order valence-corrected chi connectivity index (χ0v) is 15.2. The highest BCUT2D eigenvalue weighted by molar-refractivity contribution is 5.92. The Morgan fingerprint density at radius 3 is 1.87 bits per heavy atom. The fraction of sp³-hybridized carbons (Fsp3) is 0.579. The minimum atomic E-state index is -0.0275. The molecular weight excluding hydrogens is 288 g/mol. The number of benzene rings is 1. The predicted octanol–water partition coefficient (Wildman–Crippen LogP) is 3.70. The van der Waals surface area contributed by atoms with Gasteiger partial charge in [-0.2, -0.15) is 0 Å². The smallest absolute Gasteiger partial charge is 0.224 e. The first kappa shape index (κ1) is 19.2. The summed E-state index contributed by atoms with van der Waals surface area (Å²) in [4.78, 5) is 28.0. The van der Waals surface area contributed by atoms with Gasteiger partial charge in [0.05, 0.1) is 0 Å². The Morgan fingerprint density at radius 1 is 0.913 bits per heavy atom. The van der Waals surface area contributed by atoms with Crippen LogP contribution in [0.5, 0.6) is 0 Å². The first-order valence-electron chi connectivity index (χ1n) is 8.53. The van der Waals surface area contributed by atoms with Crippen LogP contribution in [0.15, 0.2) is 18.2 Å². The van der Waals surface area contributed by atoms with Crippen LogP contribution in [0.1, 0.15) is 51.2 Å². The lowest BCUT2D eigenvalue weighted by molar-refractivity contribution is -0.131. The van der Waals surface area contributed by atoms with Gasteiger partial charge in [0.15, 0.2) is 0 Å². The SMILES string of the molecule is CCCN(CCC)C(=O)CCN(C(C)=O)c1cc(C)cc(C)c1. The minimum Gasteiger partial charge on any atom is -0.343 e. The van der Waals surface area contributed by atoms with Gasteiger partial charge in [0.25, 0.3) is 0 Å². The highest BCUT2D eigenvalue weighted by atomic mass is 16.2. The average Bonchev–Trinajstić information content (AvgIpc) is 2.45. The second-order valence-electron chi connectivity index (χ2n) is 6.15. The van der Waals surface area contributed by atoms with Gasteiger partial charge in [0, 0.05) is 38.7 Å². The number of nitrogens with zero attached hydrogens (tertiary/aromatic N) is 2. The summed E-state index contributed by atoms with van der Waals surface area (Å²) in [5.41, 5.74) is 3.12. The molecule has 1 aromatic carbocycles. The molecular formula is C19H30N2O2. The summed E-state index contributed by atoms with van der Waals surface area (Å²) >= 11 is 0. The van der Waals surface area contributed by atoms with Gasteiger partial charge < -0.3 is 9.80 Å². The quantitative estimate of drug-likeness (QED) is 0.733. The van der Waals surface area contributed by atoms with Crippen LogP contribution in [0.25, 0.3) is 0 Å². The van der Waals surface area contributed by atoms with Gasteiger partial charge in [-0.1, -0.05) is 19.9 Å². The molecule has 4 heteroatoms. The number of carbonyl (C=O) groups excluding carboxylic acids is 2. The molecule has 23 heavy (non-hydrogen) atoms. The van der Waals surface area contributed by atoms with Crippen LogP contribution < -0.4 is 4.90 Å². The van der Waals surface area contributed by atoms with Gasteiger partial charge in [-0.3, -0.25) is 9.59 Å². The number of hydrogen-bond acceptors (Lipinski definition) is 2. The van der Waals surface area contributed by atoms with Crippen molar-refractivity contribution in [3.05, 3.63) is 29.3 Å². The van der Waals surface area contributed by atoms with Crippen molar-refractivity contribution in [2.24, 2.45) is 0 Å². The zero-order valence-electron chi connectivity index (χ0n) is 15.2. The molecule has 0 spiro atoms. The molecule has 0 heterocycles. The highest BCUT2D eigenvalue weighted by Gasteiger charge is 2.17. The first-order chi connectivity index (χ1) is 10.9. The number of hydrogen-bond donors (Lipinski definition) is 0. The van der Waals surface area contributed by atoms with E-state index in [2.05, 4.69) is 19.9 Å². The summed E-state index contributed by atoms with van der Waals surface area (Å²) in [7, 11) is 0. The van der Waals surface area contributed by atoms with Crippen molar-refractivity contribution in [1.29, 1.82) is 0 Å². The molecule has 0 saturated heterocycles. The molecule has 4 nitrogen and oxygen atoms in total. The third kappa shape index (κ3) is 6.05. The summed E-state index contributed by atoms with van der Waals surface area (Å²) in [6, 6.07) is 6.07. The fourth-order valence-corrected chi connectivity index (χ4v) is 2.84. The van der Waals surface area contributed by atoms with E-state index in [-0.39, 0.29) is 11.8 Å². The zero-order chi connectivity index (χ0) is 17.4. The monoisotopic (exact) mass is 318 g/mol. The van der Waals surface area contributed by atoms with Crippen LogP contribution in [0.2, 0.25) is 0 Å². The summed E-state index contributed by atoms with van der Waals surface area (Å²) in [5.74, 6) is 0.102. The van der Waals surface area contributed by atoms with E-state index in [1.807, 2.05) is 30.9 Å². The Hall–Kier alpha value is -1.84. The molecule has 2 amide bonds. The Balaban J connectivity index is 2.80. The van der Waals surface area contributed by atoms with Crippen molar-refractivity contribution in [3.63, 3.8) is 0 Å². The second-order valence-corrected chi connectivity index (χ2v) is 6.15. The fourth-order valence-electron chi connectivity index (χ4n) is 2.84. The maximum atomic E-state index is 12.4. The Labute approximate surface area is 140 Å². The van der Waals surface area contributed by atoms with E-state index in [9.17, 15) is 9.59 Å². The molecule has 0 unspecified atom stereocenters. The van der Waals surface area contributed by atoms with Crippen LogP contribution in [0.3, 0.4) is 0 Å². The van der Waals surface area contributed by atoms with E-state index in [1.54, 1.807) is 11.8 Å². The van der Waals surface area contributed by atoms with Crippen LogP contribution in [-0.2, 0) is 9.59 Å². The van der Waals surface area contributed by atoms with E-state index in [0.717, 1.165) is 42.7 Å². The Morgan fingerprint density at radius 2 is 1.43 bits per heavy atom. The van der Waals surface area contributed by atoms with Gasteiger partial charge in [-0.05, 0) is 49.9 Å². The van der Waals surface area contributed by atoms with E-state index in [4.69, 9.17) is 0 Å². The lowest BCUT2D eigenvalue weighted by atomic mass is 10.1. The van der Waals surface area contributed by atoms with E-state index in [0.29, 0.717) is 13.0 Å². The molecule has 0 aliphatic heterocycles. The van der Waals surface area contributed by atoms with Crippen LogP contribution >= 0.6 is 0 Å². The van der Waals surface area contributed by atoms with E-state index in [1.165, 1.54) is 0 Å². The lowest BCUT2D eigenvalue weighted by Gasteiger charge is -2.25. The molecule has 0 radical (unpaired) electrons. The first-order valence-corrected chi connectivity index (χ1v) is 8.53. The van der Waals surface area contributed by atoms with Crippen molar-refractivity contribution < 1.29 is 9.59 Å². The third-order valence-electron chi connectivity index (χ3n) is 3.79. The van der Waals surface area contributed by atoms with Crippen LogP contribution in [0.4, 0.5) is 5.69 Å². The summed E-state index contributed by atoms with van der Waals surface area (Å²) < 4.78 is 0. The number of rotatable bonds is 8. The lowest BCUT2D eigenvalue weighted by Crippen LogP contribution is -2.37. The van der Waals surface area contributed by atoms with Gasteiger partial charge in [-0.15, -0.1) is 0 Å². The average molecular weight is 318 g/mol. The van der Waals surface area contributed by atoms with Gasteiger partial charge in [0.2, 0.25) is 11.8 Å². The molecule has 128 valence electrons. The standard InChI is InChI=1S/C19H30N2O2/c1-6-9-20(10-7-2)19(23)8-11-21(17(5)22)18-13-15(3)12-16(4)14-18/h12-14H,6-11H2,1-5H3. The van der Waals surface area contributed by atoms with E-state index < -0.39 is 0 Å². The largest absolute Gasteiger partial charge is 0.343 e. The number of carbonyl (C=O) groups is 2. The Kier molecular flexibility index (Phi) is 7.79. The molecule has 0 bridgehead atoms. The van der Waals surface area contributed by atoms with Crippen molar-refractivity contribution in [2.75, 3.05) is 24.5 Å². The van der Waals surface area contributed by atoms with Crippen LogP contribution in [0, 0.1) is 13.8 Å². The van der Waals surface area contributed by atoms with Crippen molar-refractivity contribution in [1.82, 2.24) is 4.90 Å². The predicted molar refractivity (Wildman–Crippen MR) is 95.7 cm³/mol. The van der Waals surface area contributed by atoms with Crippen molar-refractivity contribution >= 4 is 17.5 Å². The summed E-state index contributed by atoms with van der Waals surface area (Å²) in [6.07, 6.45) is 2.28. The summed E-state index contributed by atoms with van der Waals surface area (Å²) in [5, 5.41) is 0. The second kappa shape index (κ2) is 9.33. The van der Waals surface area contributed by atoms with Gasteiger partial charge in [0.1, 0.15) is 0 Å². The molecule has 0 N–H and O–H groups in total. The molecule has 1 rings (SSSR count). The van der Waals surface area contributed by atoms with Gasteiger partial charge in [-0.25, -0.2) is 0 Å². The third-order valence-corrected chi connectivity index (χ3v) is 3.79. The maximum Gasteiger partial charge on any atom is 0.224 e. The van der Waals surface area contributed by atoms with Gasteiger partial charge >= 0.3 is 0 Å². The molecule has 0 aliphatic carbocycles. The van der Waals surface area contributed by atoms with Crippen molar-refractivity contribution in [2.45, 2.75) is 53.9 Å². The normalized spacial score (nSPS) is 10.5. The molecule has 0 aromatic heterocycles. The number of anilines is 1.